The monoisotopic (exact) mass is 319 g/mol. The third-order valence-electron chi connectivity index (χ3n) is 4.03. The van der Waals surface area contributed by atoms with Crippen LogP contribution in [0.4, 0.5) is 0 Å². The molecule has 0 bridgehead atoms. The molecule has 0 saturated carbocycles. The van der Waals surface area contributed by atoms with Crippen LogP contribution in [-0.4, -0.2) is 38.9 Å². The Labute approximate surface area is 139 Å². The molecule has 0 heterocycles. The van der Waals surface area contributed by atoms with Gasteiger partial charge in [-0.1, -0.05) is 24.3 Å². The first kappa shape index (κ1) is 17.8. The zero-order valence-electron chi connectivity index (χ0n) is 14.3. The van der Waals surface area contributed by atoms with Crippen LogP contribution in [0.3, 0.4) is 0 Å². The van der Waals surface area contributed by atoms with Crippen LogP contribution in [0.15, 0.2) is 29.3 Å². The highest BCUT2D eigenvalue weighted by Gasteiger charge is 2.19. The highest BCUT2D eigenvalue weighted by atomic mass is 16.5. The molecule has 2 unspecified atom stereocenters. The summed E-state index contributed by atoms with van der Waals surface area (Å²) in [6, 6.07) is 8.77. The third-order valence-corrected chi connectivity index (χ3v) is 4.03. The number of ether oxygens (including phenoxy) is 2. The molecule has 128 valence electrons. The topological polar surface area (TPSA) is 68.9 Å². The molecule has 0 amide bonds. The van der Waals surface area contributed by atoms with Crippen LogP contribution in [0.2, 0.25) is 0 Å². The lowest BCUT2D eigenvalue weighted by Gasteiger charge is -2.25. The van der Waals surface area contributed by atoms with Gasteiger partial charge in [-0.05, 0) is 43.7 Å². The summed E-state index contributed by atoms with van der Waals surface area (Å²) in [7, 11) is 1.67. The maximum atomic E-state index is 6.06. The van der Waals surface area contributed by atoms with Crippen molar-refractivity contribution < 1.29 is 9.47 Å². The second kappa shape index (κ2) is 9.53. The minimum Gasteiger partial charge on any atom is -0.383 e. The molecule has 0 saturated heterocycles. The lowest BCUT2D eigenvalue weighted by atomic mass is 9.89. The zero-order valence-corrected chi connectivity index (χ0v) is 14.3. The zero-order chi connectivity index (χ0) is 16.5. The van der Waals surface area contributed by atoms with Gasteiger partial charge in [0.2, 0.25) is 0 Å². The van der Waals surface area contributed by atoms with Crippen LogP contribution in [0.25, 0.3) is 0 Å². The fourth-order valence-electron chi connectivity index (χ4n) is 2.96. The first-order chi connectivity index (χ1) is 11.2. The van der Waals surface area contributed by atoms with Gasteiger partial charge < -0.3 is 20.5 Å². The van der Waals surface area contributed by atoms with E-state index < -0.39 is 0 Å². The van der Waals surface area contributed by atoms with Crippen molar-refractivity contribution in [2.75, 3.05) is 26.9 Å². The average molecular weight is 319 g/mol. The number of methoxy groups -OCH3 is 1. The van der Waals surface area contributed by atoms with E-state index in [9.17, 15) is 0 Å². The first-order valence-electron chi connectivity index (χ1n) is 8.45. The molecule has 5 heteroatoms. The smallest absolute Gasteiger partial charge is 0.188 e. The normalized spacial score (nSPS) is 19.2. The minimum absolute atomic E-state index is 0.166. The second-order valence-corrected chi connectivity index (χ2v) is 6.07. The molecule has 0 radical (unpaired) electrons. The molecule has 1 aromatic rings. The van der Waals surface area contributed by atoms with Crippen LogP contribution in [-0.2, 0) is 15.9 Å². The quantitative estimate of drug-likeness (QED) is 0.439. The van der Waals surface area contributed by atoms with Crippen LogP contribution < -0.4 is 11.1 Å². The van der Waals surface area contributed by atoms with Gasteiger partial charge in [-0.25, -0.2) is 0 Å². The fourth-order valence-corrected chi connectivity index (χ4v) is 2.96. The Balaban J connectivity index is 1.68. The highest BCUT2D eigenvalue weighted by Crippen LogP contribution is 2.32. The molecule has 0 fully saturated rings. The van der Waals surface area contributed by atoms with Crippen LogP contribution in [0.5, 0.6) is 0 Å². The maximum Gasteiger partial charge on any atom is 0.188 e. The summed E-state index contributed by atoms with van der Waals surface area (Å²) in [5.74, 6) is 0.470. The van der Waals surface area contributed by atoms with E-state index in [0.717, 1.165) is 12.8 Å². The lowest BCUT2D eigenvalue weighted by Crippen LogP contribution is -2.40. The van der Waals surface area contributed by atoms with E-state index in [1.54, 1.807) is 7.11 Å². The Kier molecular flexibility index (Phi) is 7.36. The molecule has 0 spiro atoms. The van der Waals surface area contributed by atoms with Crippen molar-refractivity contribution in [3.05, 3.63) is 35.4 Å². The Hall–Kier alpha value is -1.59. The van der Waals surface area contributed by atoms with Gasteiger partial charge >= 0.3 is 0 Å². The molecule has 2 rings (SSSR count). The molecular weight excluding hydrogens is 290 g/mol. The van der Waals surface area contributed by atoms with E-state index in [0.29, 0.717) is 25.7 Å². The number of hydrogen-bond acceptors (Lipinski definition) is 3. The van der Waals surface area contributed by atoms with Gasteiger partial charge in [-0.15, -0.1) is 0 Å². The van der Waals surface area contributed by atoms with Crippen molar-refractivity contribution in [1.29, 1.82) is 0 Å². The van der Waals surface area contributed by atoms with Crippen molar-refractivity contribution in [1.82, 2.24) is 5.32 Å². The number of rotatable bonds is 8. The summed E-state index contributed by atoms with van der Waals surface area (Å²) in [6.07, 6.45) is 4.59. The van der Waals surface area contributed by atoms with Crippen molar-refractivity contribution >= 4 is 5.96 Å². The van der Waals surface area contributed by atoms with Crippen LogP contribution >= 0.6 is 0 Å². The van der Waals surface area contributed by atoms with Gasteiger partial charge in [0.1, 0.15) is 0 Å². The Morgan fingerprint density at radius 1 is 1.43 bits per heavy atom. The van der Waals surface area contributed by atoms with Crippen LogP contribution in [0.1, 0.15) is 43.4 Å². The second-order valence-electron chi connectivity index (χ2n) is 6.07. The van der Waals surface area contributed by atoms with E-state index >= 15 is 0 Å². The number of hydrogen-bond donors (Lipinski definition) is 2. The van der Waals surface area contributed by atoms with Gasteiger partial charge in [-0.2, -0.15) is 0 Å². The average Bonchev–Trinajstić information content (AvgIpc) is 2.55. The maximum absolute atomic E-state index is 6.06. The summed E-state index contributed by atoms with van der Waals surface area (Å²) in [5, 5.41) is 3.10. The molecular formula is C18H29N3O2. The van der Waals surface area contributed by atoms with E-state index in [1.807, 2.05) is 6.92 Å². The van der Waals surface area contributed by atoms with Crippen molar-refractivity contribution in [2.45, 2.75) is 44.8 Å². The predicted molar refractivity (Wildman–Crippen MR) is 93.7 cm³/mol. The highest BCUT2D eigenvalue weighted by molar-refractivity contribution is 5.78. The number of nitrogens with zero attached hydrogens (tertiary/aromatic N) is 1. The molecule has 1 aliphatic rings. The number of aryl methyl sites for hydroxylation is 1. The number of benzene rings is 1. The molecule has 5 nitrogen and oxygen atoms in total. The molecule has 0 aromatic heterocycles. The van der Waals surface area contributed by atoms with E-state index in [2.05, 4.69) is 34.6 Å². The van der Waals surface area contributed by atoms with E-state index in [4.69, 9.17) is 15.2 Å². The largest absolute Gasteiger partial charge is 0.383 e. The number of aliphatic imine (C=N–C) groups is 1. The minimum atomic E-state index is 0.166. The lowest BCUT2D eigenvalue weighted by molar-refractivity contribution is 0.0403. The molecule has 2 atom stereocenters. The molecule has 23 heavy (non-hydrogen) atoms. The van der Waals surface area contributed by atoms with Crippen molar-refractivity contribution in [2.24, 2.45) is 10.7 Å². The molecule has 0 aliphatic heterocycles. The Morgan fingerprint density at radius 2 is 2.26 bits per heavy atom. The van der Waals surface area contributed by atoms with Crippen molar-refractivity contribution in [3.8, 4) is 0 Å². The summed E-state index contributed by atoms with van der Waals surface area (Å²) in [6.45, 7) is 4.01. The van der Waals surface area contributed by atoms with Gasteiger partial charge in [0.25, 0.3) is 0 Å². The Bertz CT molecular complexity index is 505. The van der Waals surface area contributed by atoms with Gasteiger partial charge in [0.05, 0.1) is 12.7 Å². The fraction of sp³-hybridized carbons (Fsp3) is 0.611. The molecule has 1 aromatic carbocycles. The van der Waals surface area contributed by atoms with E-state index in [1.165, 1.54) is 24.0 Å². The molecule has 1 aliphatic carbocycles. The van der Waals surface area contributed by atoms with Crippen LogP contribution in [0, 0.1) is 0 Å². The number of nitrogens with one attached hydrogen (secondary N) is 1. The van der Waals surface area contributed by atoms with E-state index in [-0.39, 0.29) is 12.1 Å². The van der Waals surface area contributed by atoms with Crippen molar-refractivity contribution in [3.63, 3.8) is 0 Å². The molecule has 3 N–H and O–H groups in total. The summed E-state index contributed by atoms with van der Waals surface area (Å²) >= 11 is 0. The summed E-state index contributed by atoms with van der Waals surface area (Å²) < 4.78 is 11.1. The standard InChI is InChI=1S/C18H29N3O2/c1-14(13-22-2)21-18(19)20-11-6-12-23-17-10-5-8-15-7-3-4-9-16(15)17/h3-4,7,9,14,17H,5-6,8,10-13H2,1-2H3,(H3,19,20,21). The van der Waals surface area contributed by atoms with Gasteiger partial charge in [-0.3, -0.25) is 4.99 Å². The predicted octanol–water partition coefficient (Wildman–Crippen LogP) is 2.41. The third kappa shape index (κ3) is 5.84. The summed E-state index contributed by atoms with van der Waals surface area (Å²) in [4.78, 5) is 4.32. The number of nitrogens with two attached hydrogens (primary N) is 1. The summed E-state index contributed by atoms with van der Waals surface area (Å²) in [5.41, 5.74) is 8.63. The van der Waals surface area contributed by atoms with Gasteiger partial charge in [0.15, 0.2) is 5.96 Å². The Morgan fingerprint density at radius 3 is 3.09 bits per heavy atom. The first-order valence-corrected chi connectivity index (χ1v) is 8.45. The van der Waals surface area contributed by atoms with Gasteiger partial charge in [0, 0.05) is 26.3 Å². The SMILES string of the molecule is COCC(C)NC(N)=NCCCOC1CCCc2ccccc21. The number of fused-ring (bicyclic) bond motifs is 1. The number of guanidine groups is 1.